The van der Waals surface area contributed by atoms with Crippen molar-refractivity contribution in [2.45, 2.75) is 44.4 Å². The Kier molecular flexibility index (Phi) is 4.65. The fraction of sp³-hybridized carbons (Fsp3) is 0.583. The van der Waals surface area contributed by atoms with E-state index in [1.54, 1.807) is 0 Å². The molecule has 0 aromatic carbocycles. The van der Waals surface area contributed by atoms with E-state index in [0.717, 1.165) is 25.7 Å². The molecule has 6 nitrogen and oxygen atoms in total. The van der Waals surface area contributed by atoms with Crippen LogP contribution >= 0.6 is 12.2 Å². The Morgan fingerprint density at radius 2 is 2.05 bits per heavy atom. The molecule has 0 amide bonds. The van der Waals surface area contributed by atoms with E-state index >= 15 is 0 Å². The van der Waals surface area contributed by atoms with E-state index in [-0.39, 0.29) is 17.4 Å². The van der Waals surface area contributed by atoms with Crippen molar-refractivity contribution in [1.82, 2.24) is 9.97 Å². The first-order valence-electron chi connectivity index (χ1n) is 6.31. The smallest absolute Gasteiger partial charge is 0.258 e. The first-order valence-corrected chi connectivity index (χ1v) is 6.72. The average Bonchev–Trinajstić information content (AvgIpc) is 2.67. The number of aromatic nitrogens is 2. The summed E-state index contributed by atoms with van der Waals surface area (Å²) >= 11 is 4.50. The third kappa shape index (κ3) is 3.39. The van der Waals surface area contributed by atoms with Crippen molar-refractivity contribution in [3.8, 4) is 0 Å². The second-order valence-corrected chi connectivity index (χ2v) is 4.77. The minimum Gasteiger partial charge on any atom is -0.258 e. The number of aliphatic imine (C=N–C) groups is 1. The minimum absolute atomic E-state index is 0.00856. The molecule has 100 valence electrons. The monoisotopic (exact) mass is 278 g/mol. The first-order chi connectivity index (χ1) is 9.22. The number of rotatable bonds is 3. The van der Waals surface area contributed by atoms with Gasteiger partial charge in [-0.15, -0.1) is 0 Å². The van der Waals surface area contributed by atoms with E-state index < -0.39 is 4.92 Å². The summed E-state index contributed by atoms with van der Waals surface area (Å²) in [7, 11) is 0. The van der Waals surface area contributed by atoms with E-state index in [9.17, 15) is 10.1 Å². The molecule has 0 N–H and O–H groups in total. The molecule has 1 aromatic rings. The first kappa shape index (κ1) is 13.7. The van der Waals surface area contributed by atoms with Gasteiger partial charge >= 0.3 is 5.69 Å². The van der Waals surface area contributed by atoms with Gasteiger partial charge in [0, 0.05) is 5.92 Å². The van der Waals surface area contributed by atoms with Gasteiger partial charge in [-0.2, -0.15) is 4.99 Å². The molecule has 1 aromatic heterocycles. The Morgan fingerprint density at radius 1 is 1.37 bits per heavy atom. The van der Waals surface area contributed by atoms with Crippen molar-refractivity contribution in [2.75, 3.05) is 0 Å². The number of hydrogen-bond acceptors (Lipinski definition) is 6. The topological polar surface area (TPSA) is 81.3 Å². The normalized spacial score (nSPS) is 16.4. The number of nitro groups is 1. The molecule has 0 aliphatic heterocycles. The lowest BCUT2D eigenvalue weighted by Gasteiger charge is -2.11. The van der Waals surface area contributed by atoms with Crippen LogP contribution in [0.25, 0.3) is 0 Å². The lowest BCUT2D eigenvalue weighted by molar-refractivity contribution is -0.384. The van der Waals surface area contributed by atoms with Crippen molar-refractivity contribution in [3.05, 3.63) is 22.1 Å². The lowest BCUT2D eigenvalue weighted by atomic mass is 9.99. The zero-order chi connectivity index (χ0) is 13.7. The van der Waals surface area contributed by atoms with E-state index in [1.807, 2.05) is 0 Å². The van der Waals surface area contributed by atoms with Crippen molar-refractivity contribution in [2.24, 2.45) is 4.99 Å². The second-order valence-electron chi connectivity index (χ2n) is 4.59. The van der Waals surface area contributed by atoms with E-state index in [0.29, 0.717) is 5.82 Å². The van der Waals surface area contributed by atoms with Crippen LogP contribution in [-0.2, 0) is 0 Å². The van der Waals surface area contributed by atoms with Crippen LogP contribution in [0.3, 0.4) is 0 Å². The van der Waals surface area contributed by atoms with Crippen molar-refractivity contribution in [1.29, 1.82) is 0 Å². The SMILES string of the molecule is O=[N+]([O-])c1cnc(C2CCCCCC2)nc1N=C=S. The third-order valence-electron chi connectivity index (χ3n) is 3.34. The fourth-order valence-electron chi connectivity index (χ4n) is 2.37. The largest absolute Gasteiger partial charge is 0.332 e. The highest BCUT2D eigenvalue weighted by atomic mass is 32.1. The maximum Gasteiger partial charge on any atom is 0.332 e. The number of nitrogens with zero attached hydrogens (tertiary/aromatic N) is 4. The van der Waals surface area contributed by atoms with Crippen LogP contribution in [0.4, 0.5) is 11.5 Å². The van der Waals surface area contributed by atoms with Gasteiger partial charge in [-0.05, 0) is 25.1 Å². The maximum atomic E-state index is 10.8. The van der Waals surface area contributed by atoms with Gasteiger partial charge in [0.25, 0.3) is 0 Å². The van der Waals surface area contributed by atoms with E-state index in [4.69, 9.17) is 0 Å². The summed E-state index contributed by atoms with van der Waals surface area (Å²) in [5.41, 5.74) is -0.227. The molecule has 19 heavy (non-hydrogen) atoms. The van der Waals surface area contributed by atoms with Gasteiger partial charge in [-0.1, -0.05) is 25.7 Å². The Morgan fingerprint density at radius 3 is 2.63 bits per heavy atom. The molecule has 0 radical (unpaired) electrons. The predicted molar refractivity (Wildman–Crippen MR) is 73.8 cm³/mol. The highest BCUT2D eigenvalue weighted by molar-refractivity contribution is 7.78. The predicted octanol–water partition coefficient (Wildman–Crippen LogP) is 3.56. The van der Waals surface area contributed by atoms with Crippen LogP contribution in [0.5, 0.6) is 0 Å². The summed E-state index contributed by atoms with van der Waals surface area (Å²) in [6.45, 7) is 0. The van der Waals surface area contributed by atoms with Crippen LogP contribution in [0.15, 0.2) is 11.2 Å². The standard InChI is InChI=1S/C12H14N4O2S/c17-16(18)10-7-13-11(15-12(10)14-8-19)9-5-3-1-2-4-6-9/h7,9H,1-6H2. The van der Waals surface area contributed by atoms with Gasteiger partial charge in [-0.3, -0.25) is 10.1 Å². The molecule has 0 saturated heterocycles. The molecule has 0 spiro atoms. The molecule has 7 heteroatoms. The Balaban J connectivity index is 2.33. The van der Waals surface area contributed by atoms with Crippen LogP contribution in [0, 0.1) is 10.1 Å². The number of hydrogen-bond donors (Lipinski definition) is 0. The molecule has 1 heterocycles. The van der Waals surface area contributed by atoms with Gasteiger partial charge in [0.15, 0.2) is 0 Å². The zero-order valence-corrected chi connectivity index (χ0v) is 11.2. The zero-order valence-electron chi connectivity index (χ0n) is 10.4. The van der Waals surface area contributed by atoms with Crippen molar-refractivity contribution >= 4 is 28.9 Å². The Bertz CT molecular complexity index is 520. The molecule has 0 atom stereocenters. The number of isothiocyanates is 1. The highest BCUT2D eigenvalue weighted by Crippen LogP contribution is 2.32. The minimum atomic E-state index is -0.553. The van der Waals surface area contributed by atoms with Crippen LogP contribution < -0.4 is 0 Å². The molecular weight excluding hydrogens is 264 g/mol. The molecule has 1 aliphatic carbocycles. The van der Waals surface area contributed by atoms with Crippen LogP contribution in [-0.4, -0.2) is 20.1 Å². The lowest BCUT2D eigenvalue weighted by Crippen LogP contribution is -2.05. The van der Waals surface area contributed by atoms with Gasteiger partial charge in [0.1, 0.15) is 12.0 Å². The molecule has 0 unspecified atom stereocenters. The van der Waals surface area contributed by atoms with E-state index in [1.165, 1.54) is 19.0 Å². The molecular formula is C12H14N4O2S. The third-order valence-corrected chi connectivity index (χ3v) is 3.43. The summed E-state index contributed by atoms with van der Waals surface area (Å²) in [6, 6.07) is 0. The average molecular weight is 278 g/mol. The maximum absolute atomic E-state index is 10.8. The Labute approximate surface area is 116 Å². The summed E-state index contributed by atoms with van der Waals surface area (Å²) in [5, 5.41) is 13.0. The van der Waals surface area contributed by atoms with Crippen LogP contribution in [0.2, 0.25) is 0 Å². The van der Waals surface area contributed by atoms with Gasteiger partial charge in [0.2, 0.25) is 5.82 Å². The second kappa shape index (κ2) is 6.45. The molecule has 1 fully saturated rings. The van der Waals surface area contributed by atoms with Gasteiger partial charge in [0.05, 0.1) is 10.1 Å². The Hall–Kier alpha value is -1.72. The number of thiocarbonyl (C=S) groups is 1. The summed E-state index contributed by atoms with van der Waals surface area (Å²) in [5.74, 6) is 0.910. The van der Waals surface area contributed by atoms with Gasteiger partial charge in [-0.25, -0.2) is 9.97 Å². The summed E-state index contributed by atoms with van der Waals surface area (Å²) in [4.78, 5) is 22.3. The quantitative estimate of drug-likeness (QED) is 0.277. The molecule has 2 rings (SSSR count). The van der Waals surface area contributed by atoms with E-state index in [2.05, 4.69) is 32.3 Å². The van der Waals surface area contributed by atoms with Crippen molar-refractivity contribution in [3.63, 3.8) is 0 Å². The van der Waals surface area contributed by atoms with Crippen molar-refractivity contribution < 1.29 is 4.92 Å². The van der Waals surface area contributed by atoms with Gasteiger partial charge < -0.3 is 0 Å². The molecule has 1 aliphatic rings. The highest BCUT2D eigenvalue weighted by Gasteiger charge is 2.22. The van der Waals surface area contributed by atoms with Crippen LogP contribution in [0.1, 0.15) is 50.3 Å². The fourth-order valence-corrected chi connectivity index (χ4v) is 2.45. The summed E-state index contributed by atoms with van der Waals surface area (Å²) in [6.07, 6.45) is 8.03. The molecule has 0 bridgehead atoms. The molecule has 1 saturated carbocycles. The summed E-state index contributed by atoms with van der Waals surface area (Å²) < 4.78 is 0.